The van der Waals surface area contributed by atoms with Crippen LogP contribution in [0, 0.1) is 5.92 Å². The molecule has 1 heterocycles. The van der Waals surface area contributed by atoms with Crippen LogP contribution in [-0.4, -0.2) is 35.3 Å². The van der Waals surface area contributed by atoms with Crippen molar-refractivity contribution in [1.29, 1.82) is 0 Å². The second-order valence-electron chi connectivity index (χ2n) is 10.2. The van der Waals surface area contributed by atoms with E-state index in [-0.39, 0.29) is 23.6 Å². The summed E-state index contributed by atoms with van der Waals surface area (Å²) in [6, 6.07) is 12.7. The molecule has 5 rings (SSSR count). The number of carbonyl (C=O) groups is 2. The van der Waals surface area contributed by atoms with Crippen molar-refractivity contribution in [2.45, 2.75) is 70.3 Å². The highest BCUT2D eigenvalue weighted by molar-refractivity contribution is 6.30. The van der Waals surface area contributed by atoms with Crippen LogP contribution in [0.4, 0.5) is 0 Å². The highest BCUT2D eigenvalue weighted by Gasteiger charge is 2.46. The van der Waals surface area contributed by atoms with Gasteiger partial charge in [-0.25, -0.2) is 4.79 Å². The van der Waals surface area contributed by atoms with Gasteiger partial charge in [0.1, 0.15) is 11.9 Å². The Labute approximate surface area is 222 Å². The number of ketones is 1. The van der Waals surface area contributed by atoms with E-state index < -0.39 is 17.8 Å². The number of benzene rings is 2. The maximum Gasteiger partial charge on any atom is 0.336 e. The van der Waals surface area contributed by atoms with Gasteiger partial charge in [0, 0.05) is 28.8 Å². The van der Waals surface area contributed by atoms with Gasteiger partial charge >= 0.3 is 5.97 Å². The summed E-state index contributed by atoms with van der Waals surface area (Å²) in [6.45, 7) is 4.04. The number of carbonyl (C=O) groups excluding carboxylic acids is 2. The Morgan fingerprint density at radius 3 is 2.46 bits per heavy atom. The van der Waals surface area contributed by atoms with Crippen molar-refractivity contribution in [3.8, 4) is 11.5 Å². The van der Waals surface area contributed by atoms with Crippen molar-refractivity contribution in [2.24, 2.45) is 10.9 Å². The third kappa shape index (κ3) is 5.17. The summed E-state index contributed by atoms with van der Waals surface area (Å²) < 4.78 is 11.6. The number of aliphatic imine (C=N–C) groups is 1. The van der Waals surface area contributed by atoms with Crippen LogP contribution in [0.1, 0.15) is 75.3 Å². The topological polar surface area (TPSA) is 85.2 Å². The highest BCUT2D eigenvalue weighted by Crippen LogP contribution is 2.47. The highest BCUT2D eigenvalue weighted by atomic mass is 35.5. The van der Waals surface area contributed by atoms with Crippen LogP contribution in [0.5, 0.6) is 11.5 Å². The van der Waals surface area contributed by atoms with Crippen molar-refractivity contribution < 1.29 is 24.2 Å². The number of ether oxygens (including phenoxy) is 2. The number of allylic oxidation sites excluding steroid dienone is 1. The summed E-state index contributed by atoms with van der Waals surface area (Å²) in [5, 5.41) is 11.0. The Bertz CT molecular complexity index is 1260. The molecular weight excluding hydrogens is 490 g/mol. The molecule has 7 heteroatoms. The van der Waals surface area contributed by atoms with Crippen molar-refractivity contribution in [3.05, 3.63) is 69.9 Å². The molecule has 194 valence electrons. The van der Waals surface area contributed by atoms with Gasteiger partial charge in [0.2, 0.25) is 0 Å². The third-order valence-corrected chi connectivity index (χ3v) is 7.99. The second-order valence-corrected chi connectivity index (χ2v) is 10.6. The van der Waals surface area contributed by atoms with Gasteiger partial charge in [-0.1, -0.05) is 29.8 Å². The first-order chi connectivity index (χ1) is 17.9. The lowest BCUT2D eigenvalue weighted by Gasteiger charge is -2.38. The zero-order chi connectivity index (χ0) is 26.1. The Morgan fingerprint density at radius 1 is 1.05 bits per heavy atom. The van der Waals surface area contributed by atoms with E-state index in [9.17, 15) is 14.7 Å². The molecule has 2 saturated carbocycles. The van der Waals surface area contributed by atoms with E-state index in [0.29, 0.717) is 41.5 Å². The summed E-state index contributed by atoms with van der Waals surface area (Å²) in [4.78, 5) is 32.2. The number of esters is 1. The van der Waals surface area contributed by atoms with Gasteiger partial charge in [0.25, 0.3) is 0 Å². The Kier molecular flexibility index (Phi) is 7.38. The first-order valence-electron chi connectivity index (χ1n) is 13.1. The molecule has 3 atom stereocenters. The average Bonchev–Trinajstić information content (AvgIpc) is 3.38. The van der Waals surface area contributed by atoms with Gasteiger partial charge in [0.15, 0.2) is 11.5 Å². The van der Waals surface area contributed by atoms with Gasteiger partial charge in [-0.15, -0.1) is 0 Å². The molecule has 0 amide bonds. The van der Waals surface area contributed by atoms with Crippen LogP contribution in [-0.2, 0) is 14.3 Å². The van der Waals surface area contributed by atoms with E-state index in [4.69, 9.17) is 26.1 Å². The summed E-state index contributed by atoms with van der Waals surface area (Å²) in [5.41, 5.74) is 3.56. The molecule has 0 saturated heterocycles. The lowest BCUT2D eigenvalue weighted by molar-refractivity contribution is -0.144. The van der Waals surface area contributed by atoms with E-state index in [1.54, 1.807) is 18.2 Å². The number of hydrogen-bond acceptors (Lipinski definition) is 6. The number of hydrogen-bond donors (Lipinski definition) is 1. The van der Waals surface area contributed by atoms with Gasteiger partial charge in [-0.05, 0) is 87.3 Å². The Morgan fingerprint density at radius 2 is 1.76 bits per heavy atom. The number of Topliss-reactive ketones (excluding diaryl/α,β-unsaturated/α-hetero) is 1. The molecule has 0 radical (unpaired) electrons. The van der Waals surface area contributed by atoms with Crippen molar-refractivity contribution in [3.63, 3.8) is 0 Å². The second kappa shape index (κ2) is 10.7. The first-order valence-corrected chi connectivity index (χ1v) is 13.5. The van der Waals surface area contributed by atoms with Gasteiger partial charge in [0.05, 0.1) is 18.1 Å². The predicted octanol–water partition coefficient (Wildman–Crippen LogP) is 6.51. The van der Waals surface area contributed by atoms with E-state index in [1.165, 1.54) is 0 Å². The van der Waals surface area contributed by atoms with Gasteiger partial charge < -0.3 is 14.6 Å². The van der Waals surface area contributed by atoms with Crippen LogP contribution >= 0.6 is 11.6 Å². The molecule has 2 aliphatic carbocycles. The zero-order valence-corrected chi connectivity index (χ0v) is 22.0. The fourth-order valence-corrected chi connectivity index (χ4v) is 6.11. The summed E-state index contributed by atoms with van der Waals surface area (Å²) in [6.07, 6.45) is 4.67. The number of halogens is 1. The van der Waals surface area contributed by atoms with E-state index in [1.807, 2.05) is 38.1 Å². The standard InChI is InChI=1S/C30H32ClNO5/c1-3-36-26-16-19(10-13-24(26)33)28-27(30(35)37-22-6-4-5-7-22)17(2)32-23-14-20(15-25(34)29(23)28)18-8-11-21(31)12-9-18/h8-13,16,20,22,28-29,33H,3-7,14-15H2,1-2H3. The SMILES string of the molecule is CCOc1cc(C2C(C(=O)OC3CCCC3)=C(C)N=C3CC(c4ccc(Cl)cc4)CC(=O)C32)ccc1O. The van der Waals surface area contributed by atoms with Crippen molar-refractivity contribution in [1.82, 2.24) is 0 Å². The van der Waals surface area contributed by atoms with Crippen LogP contribution < -0.4 is 4.74 Å². The third-order valence-electron chi connectivity index (χ3n) is 7.73. The monoisotopic (exact) mass is 521 g/mol. The van der Waals surface area contributed by atoms with Crippen molar-refractivity contribution >= 4 is 29.1 Å². The molecule has 0 aromatic heterocycles. The lowest BCUT2D eigenvalue weighted by atomic mass is 9.66. The zero-order valence-electron chi connectivity index (χ0n) is 21.2. The van der Waals surface area contributed by atoms with Crippen LogP contribution in [0.15, 0.2) is 58.7 Å². The molecule has 0 spiro atoms. The molecule has 3 aliphatic rings. The molecule has 2 aromatic carbocycles. The van der Waals surface area contributed by atoms with Crippen LogP contribution in [0.25, 0.3) is 0 Å². The lowest BCUT2D eigenvalue weighted by Crippen LogP contribution is -2.41. The summed E-state index contributed by atoms with van der Waals surface area (Å²) >= 11 is 6.08. The van der Waals surface area contributed by atoms with E-state index in [2.05, 4.69) is 0 Å². The summed E-state index contributed by atoms with van der Waals surface area (Å²) in [5.74, 6) is -1.15. The molecule has 1 aliphatic heterocycles. The number of nitrogens with zero attached hydrogens (tertiary/aromatic N) is 1. The largest absolute Gasteiger partial charge is 0.504 e. The Balaban J connectivity index is 1.56. The van der Waals surface area contributed by atoms with E-state index >= 15 is 0 Å². The average molecular weight is 522 g/mol. The molecule has 6 nitrogen and oxygen atoms in total. The Hall–Kier alpha value is -3.12. The van der Waals surface area contributed by atoms with Crippen LogP contribution in [0.2, 0.25) is 5.02 Å². The molecule has 2 fully saturated rings. The minimum Gasteiger partial charge on any atom is -0.504 e. The molecule has 0 bridgehead atoms. The maximum absolute atomic E-state index is 13.8. The number of fused-ring (bicyclic) bond motifs is 1. The summed E-state index contributed by atoms with van der Waals surface area (Å²) in [7, 11) is 0. The van der Waals surface area contributed by atoms with Gasteiger partial charge in [-0.2, -0.15) is 0 Å². The minimum atomic E-state index is -0.572. The molecular formula is C30H32ClNO5. The fourth-order valence-electron chi connectivity index (χ4n) is 5.99. The van der Waals surface area contributed by atoms with Crippen LogP contribution in [0.3, 0.4) is 0 Å². The normalized spacial score (nSPS) is 24.0. The van der Waals surface area contributed by atoms with E-state index in [0.717, 1.165) is 42.5 Å². The number of phenols is 1. The predicted molar refractivity (Wildman–Crippen MR) is 142 cm³/mol. The maximum atomic E-state index is 13.8. The molecule has 2 aromatic rings. The number of phenolic OH excluding ortho intramolecular Hbond substituents is 1. The number of rotatable bonds is 6. The van der Waals surface area contributed by atoms with Gasteiger partial charge in [-0.3, -0.25) is 9.79 Å². The first kappa shape index (κ1) is 25.5. The number of aromatic hydroxyl groups is 1. The molecule has 1 N–H and O–H groups in total. The molecule has 37 heavy (non-hydrogen) atoms. The molecule has 3 unspecified atom stereocenters. The van der Waals surface area contributed by atoms with Crippen molar-refractivity contribution in [2.75, 3.05) is 6.61 Å². The quantitative estimate of drug-likeness (QED) is 0.438. The minimum absolute atomic E-state index is 0.000916. The smallest absolute Gasteiger partial charge is 0.336 e. The fraction of sp³-hybridized carbons (Fsp3) is 0.433.